The Morgan fingerprint density at radius 1 is 0.439 bits per heavy atom. The summed E-state index contributed by atoms with van der Waals surface area (Å²) >= 11 is 0. The molecule has 5 nitrogen and oxygen atoms in total. The Hall–Kier alpha value is -1.30. The van der Waals surface area contributed by atoms with Crippen molar-refractivity contribution in [3.05, 3.63) is 24.3 Å². The molecule has 0 aromatic carbocycles. The van der Waals surface area contributed by atoms with Crippen molar-refractivity contribution in [1.29, 1.82) is 0 Å². The number of aldehydes is 2. The molecule has 0 rings (SSSR count). The number of rotatable bonds is 34. The second-order valence-corrected chi connectivity index (χ2v) is 11.3. The third-order valence-corrected chi connectivity index (χ3v) is 7.30. The van der Waals surface area contributed by atoms with E-state index in [2.05, 4.69) is 38.2 Å². The Morgan fingerprint density at radius 3 is 1.07 bits per heavy atom. The number of allylic oxidation sites excluding steroid dienone is 2. The molecular formula is C36H66O5. The highest BCUT2D eigenvalue weighted by Crippen LogP contribution is 2.14. The van der Waals surface area contributed by atoms with Gasteiger partial charge in [-0.15, -0.1) is 0 Å². The quantitative estimate of drug-likeness (QED) is 0.0329. The lowest BCUT2D eigenvalue weighted by atomic mass is 10.1. The Labute approximate surface area is 254 Å². The molecule has 0 radical (unpaired) electrons. The van der Waals surface area contributed by atoms with E-state index in [0.717, 1.165) is 63.9 Å². The molecule has 5 heteroatoms. The lowest BCUT2D eigenvalue weighted by molar-refractivity contribution is -0.208. The summed E-state index contributed by atoms with van der Waals surface area (Å²) in [6.07, 6.45) is 37.3. The molecule has 0 aliphatic heterocycles. The van der Waals surface area contributed by atoms with Crippen molar-refractivity contribution >= 4 is 12.6 Å². The highest BCUT2D eigenvalue weighted by atomic mass is 16.8. The van der Waals surface area contributed by atoms with E-state index in [1.807, 2.05) is 0 Å². The van der Waals surface area contributed by atoms with Crippen LogP contribution in [0, 0.1) is 0 Å². The Morgan fingerprint density at radius 2 is 0.756 bits per heavy atom. The Bertz CT molecular complexity index is 539. The number of unbranched alkanes of at least 4 members (excludes halogenated alkanes) is 20. The van der Waals surface area contributed by atoms with Crippen LogP contribution in [0.5, 0.6) is 0 Å². The van der Waals surface area contributed by atoms with Crippen molar-refractivity contribution in [2.45, 2.75) is 181 Å². The fraction of sp³-hybridized carbons (Fsp3) is 0.833. The average Bonchev–Trinajstić information content (AvgIpc) is 2.98. The van der Waals surface area contributed by atoms with Crippen LogP contribution in [0.2, 0.25) is 0 Å². The molecule has 0 saturated heterocycles. The lowest BCUT2D eigenvalue weighted by Gasteiger charge is -2.21. The number of hydrogen-bond donors (Lipinski definition) is 0. The van der Waals surface area contributed by atoms with Crippen LogP contribution in [0.15, 0.2) is 24.3 Å². The SMILES string of the molecule is CCCCOC(C=CCCCCCCCCCCC=O)OC(C=CCCCCCCCCCCC=O)OCCCC. The van der Waals surface area contributed by atoms with Crippen LogP contribution in [0.1, 0.15) is 168 Å². The predicted molar refractivity (Wildman–Crippen MR) is 173 cm³/mol. The van der Waals surface area contributed by atoms with Crippen molar-refractivity contribution in [2.24, 2.45) is 0 Å². The van der Waals surface area contributed by atoms with Gasteiger partial charge in [0.2, 0.25) is 0 Å². The van der Waals surface area contributed by atoms with Crippen LogP contribution in [-0.4, -0.2) is 38.4 Å². The third kappa shape index (κ3) is 31.5. The van der Waals surface area contributed by atoms with Crippen LogP contribution in [0.3, 0.4) is 0 Å². The molecule has 0 aromatic heterocycles. The first-order valence-electron chi connectivity index (χ1n) is 17.4. The van der Waals surface area contributed by atoms with E-state index >= 15 is 0 Å². The first-order valence-corrected chi connectivity index (χ1v) is 17.4. The van der Waals surface area contributed by atoms with Gasteiger partial charge in [0.05, 0.1) is 13.2 Å². The van der Waals surface area contributed by atoms with Gasteiger partial charge >= 0.3 is 0 Å². The van der Waals surface area contributed by atoms with E-state index < -0.39 is 0 Å². The molecule has 0 amide bonds. The maximum atomic E-state index is 10.4. The van der Waals surface area contributed by atoms with Crippen molar-refractivity contribution in [3.8, 4) is 0 Å². The molecule has 0 spiro atoms. The second-order valence-electron chi connectivity index (χ2n) is 11.3. The van der Waals surface area contributed by atoms with Crippen molar-refractivity contribution in [3.63, 3.8) is 0 Å². The Balaban J connectivity index is 4.38. The fourth-order valence-electron chi connectivity index (χ4n) is 4.62. The summed E-state index contributed by atoms with van der Waals surface area (Å²) in [5.41, 5.74) is 0. The second kappa shape index (κ2) is 34.9. The van der Waals surface area contributed by atoms with Gasteiger partial charge in [0.25, 0.3) is 0 Å². The minimum Gasteiger partial charge on any atom is -0.349 e. The molecule has 0 N–H and O–H groups in total. The van der Waals surface area contributed by atoms with Crippen molar-refractivity contribution < 1.29 is 23.8 Å². The van der Waals surface area contributed by atoms with Crippen LogP contribution < -0.4 is 0 Å². The zero-order chi connectivity index (χ0) is 29.9. The van der Waals surface area contributed by atoms with Gasteiger partial charge in [-0.2, -0.15) is 0 Å². The molecule has 0 bridgehead atoms. The number of ether oxygens (including phenoxy) is 3. The van der Waals surface area contributed by atoms with Gasteiger partial charge in [-0.1, -0.05) is 116 Å². The fourth-order valence-corrected chi connectivity index (χ4v) is 4.62. The molecule has 2 unspecified atom stereocenters. The van der Waals surface area contributed by atoms with E-state index in [4.69, 9.17) is 14.2 Å². The standard InChI is InChI=1S/C36H66O5/c1-3-5-33-39-35(29-25-21-17-13-9-7-11-15-19-23-27-31-37)41-36(40-34-6-4-2)30-26-22-18-14-10-8-12-16-20-24-28-32-38/h25-26,29-32,35-36H,3-24,27-28,33-34H2,1-2H3. The average molecular weight is 579 g/mol. The van der Waals surface area contributed by atoms with E-state index in [9.17, 15) is 9.59 Å². The van der Waals surface area contributed by atoms with Crippen LogP contribution in [-0.2, 0) is 23.8 Å². The maximum Gasteiger partial charge on any atom is 0.180 e. The van der Waals surface area contributed by atoms with Crippen molar-refractivity contribution in [2.75, 3.05) is 13.2 Å². The summed E-state index contributed by atoms with van der Waals surface area (Å²) in [6.45, 7) is 5.74. The van der Waals surface area contributed by atoms with Gasteiger partial charge in [-0.05, 0) is 63.5 Å². The molecule has 0 aliphatic carbocycles. The zero-order valence-electron chi connectivity index (χ0n) is 27.0. The number of carbonyl (C=O) groups is 2. The molecule has 0 aliphatic rings. The predicted octanol–water partition coefficient (Wildman–Crippen LogP) is 10.6. The molecule has 2 atom stereocenters. The first kappa shape index (κ1) is 39.7. The van der Waals surface area contributed by atoms with E-state index in [0.29, 0.717) is 26.1 Å². The summed E-state index contributed by atoms with van der Waals surface area (Å²) in [5, 5.41) is 0. The topological polar surface area (TPSA) is 61.8 Å². The summed E-state index contributed by atoms with van der Waals surface area (Å²) < 4.78 is 18.4. The summed E-state index contributed by atoms with van der Waals surface area (Å²) in [7, 11) is 0. The Kier molecular flexibility index (Phi) is 33.8. The highest BCUT2D eigenvalue weighted by molar-refractivity contribution is 5.49. The third-order valence-electron chi connectivity index (χ3n) is 7.30. The summed E-state index contributed by atoms with van der Waals surface area (Å²) in [4.78, 5) is 20.7. The largest absolute Gasteiger partial charge is 0.349 e. The van der Waals surface area contributed by atoms with Gasteiger partial charge < -0.3 is 23.8 Å². The van der Waals surface area contributed by atoms with Gasteiger partial charge in [-0.25, -0.2) is 0 Å². The van der Waals surface area contributed by atoms with Gasteiger partial charge in [0, 0.05) is 12.8 Å². The van der Waals surface area contributed by atoms with Gasteiger partial charge in [0.15, 0.2) is 12.6 Å². The van der Waals surface area contributed by atoms with Crippen LogP contribution in [0.4, 0.5) is 0 Å². The monoisotopic (exact) mass is 578 g/mol. The molecule has 0 saturated carbocycles. The minimum absolute atomic E-state index is 0.379. The number of carbonyl (C=O) groups excluding carboxylic acids is 2. The summed E-state index contributed by atoms with van der Waals surface area (Å²) in [5.74, 6) is 0. The van der Waals surface area contributed by atoms with E-state index in [1.165, 1.54) is 89.9 Å². The molecular weight excluding hydrogens is 512 g/mol. The normalized spacial score (nSPS) is 13.3. The van der Waals surface area contributed by atoms with E-state index in [-0.39, 0.29) is 12.6 Å². The first-order chi connectivity index (χ1) is 20.3. The van der Waals surface area contributed by atoms with Gasteiger partial charge in [0.1, 0.15) is 12.6 Å². The molecule has 0 heterocycles. The van der Waals surface area contributed by atoms with Crippen molar-refractivity contribution in [1.82, 2.24) is 0 Å². The molecule has 0 aromatic rings. The number of hydrogen-bond acceptors (Lipinski definition) is 5. The lowest BCUT2D eigenvalue weighted by Crippen LogP contribution is -2.25. The smallest absolute Gasteiger partial charge is 0.180 e. The molecule has 41 heavy (non-hydrogen) atoms. The maximum absolute atomic E-state index is 10.4. The minimum atomic E-state index is -0.379. The van der Waals surface area contributed by atoms with Crippen LogP contribution in [0.25, 0.3) is 0 Å². The summed E-state index contributed by atoms with van der Waals surface area (Å²) in [6, 6.07) is 0. The molecule has 240 valence electrons. The van der Waals surface area contributed by atoms with Crippen LogP contribution >= 0.6 is 0 Å². The highest BCUT2D eigenvalue weighted by Gasteiger charge is 2.13. The van der Waals surface area contributed by atoms with E-state index in [1.54, 1.807) is 0 Å². The van der Waals surface area contributed by atoms with Gasteiger partial charge in [-0.3, -0.25) is 0 Å². The molecule has 0 fully saturated rings. The zero-order valence-corrected chi connectivity index (χ0v) is 27.0.